The molecule has 1 fully saturated rings. The minimum atomic E-state index is -0.244. The summed E-state index contributed by atoms with van der Waals surface area (Å²) in [5.41, 5.74) is -0.244. The smallest absolute Gasteiger partial charge is 0.231 e. The Morgan fingerprint density at radius 3 is 2.89 bits per heavy atom. The highest BCUT2D eigenvalue weighted by Gasteiger charge is 2.52. The average molecular weight is 275 g/mol. The maximum atomic E-state index is 12.4. The number of carbonyl (C=O) groups is 1. The highest BCUT2D eigenvalue weighted by atomic mass is 32.1. The molecule has 1 saturated carbocycles. The van der Waals surface area contributed by atoms with Crippen molar-refractivity contribution in [2.24, 2.45) is 0 Å². The van der Waals surface area contributed by atoms with E-state index in [2.05, 4.69) is 11.4 Å². The molecule has 4 heteroatoms. The Labute approximate surface area is 116 Å². The van der Waals surface area contributed by atoms with Gasteiger partial charge in [0, 0.05) is 17.3 Å². The lowest BCUT2D eigenvalue weighted by molar-refractivity contribution is -0.124. The molecular formula is C15H17NO2S. The standard InChI is InChI=1S/C15H17NO2S/c1-11(10-12-4-2-8-18-12)16-14(17)15(6-7-15)13-5-3-9-19-13/h2-5,8-9,11H,6-7,10H2,1H3,(H,16,17). The summed E-state index contributed by atoms with van der Waals surface area (Å²) in [5.74, 6) is 1.07. The molecule has 1 N–H and O–H groups in total. The summed E-state index contributed by atoms with van der Waals surface area (Å²) in [6.45, 7) is 2.02. The molecule has 0 aromatic carbocycles. The molecule has 2 aromatic rings. The van der Waals surface area contributed by atoms with Crippen LogP contribution in [0.4, 0.5) is 0 Å². The number of furan rings is 1. The van der Waals surface area contributed by atoms with Crippen LogP contribution >= 0.6 is 11.3 Å². The van der Waals surface area contributed by atoms with E-state index in [4.69, 9.17) is 4.42 Å². The van der Waals surface area contributed by atoms with Gasteiger partial charge in [-0.1, -0.05) is 6.07 Å². The first-order valence-corrected chi connectivity index (χ1v) is 7.46. The Morgan fingerprint density at radius 2 is 2.32 bits per heavy atom. The number of amides is 1. The average Bonchev–Trinajstić information content (AvgIpc) is 2.82. The van der Waals surface area contributed by atoms with Crippen LogP contribution < -0.4 is 5.32 Å². The third kappa shape index (κ3) is 2.45. The Balaban J connectivity index is 1.62. The Kier molecular flexibility index (Phi) is 3.19. The van der Waals surface area contributed by atoms with Gasteiger partial charge in [-0.3, -0.25) is 4.79 Å². The molecule has 3 rings (SSSR count). The van der Waals surface area contributed by atoms with Crippen LogP contribution in [0.2, 0.25) is 0 Å². The summed E-state index contributed by atoms with van der Waals surface area (Å²) in [7, 11) is 0. The maximum absolute atomic E-state index is 12.4. The lowest BCUT2D eigenvalue weighted by Gasteiger charge is -2.18. The van der Waals surface area contributed by atoms with Gasteiger partial charge in [0.1, 0.15) is 5.76 Å². The van der Waals surface area contributed by atoms with Crippen LogP contribution in [0.3, 0.4) is 0 Å². The first kappa shape index (κ1) is 12.5. The van der Waals surface area contributed by atoms with E-state index in [0.717, 1.165) is 25.0 Å². The lowest BCUT2D eigenvalue weighted by Crippen LogP contribution is -2.40. The fourth-order valence-electron chi connectivity index (χ4n) is 2.40. The zero-order valence-corrected chi connectivity index (χ0v) is 11.7. The largest absolute Gasteiger partial charge is 0.469 e. The van der Waals surface area contributed by atoms with Crippen LogP contribution in [0.5, 0.6) is 0 Å². The van der Waals surface area contributed by atoms with Gasteiger partial charge in [-0.15, -0.1) is 11.3 Å². The maximum Gasteiger partial charge on any atom is 0.231 e. The molecule has 0 bridgehead atoms. The summed E-state index contributed by atoms with van der Waals surface area (Å²) in [6.07, 6.45) is 4.33. The minimum absolute atomic E-state index is 0.0936. The second-order valence-corrected chi connectivity index (χ2v) is 6.17. The number of hydrogen-bond acceptors (Lipinski definition) is 3. The van der Waals surface area contributed by atoms with E-state index in [0.29, 0.717) is 0 Å². The zero-order valence-electron chi connectivity index (χ0n) is 10.9. The van der Waals surface area contributed by atoms with E-state index in [1.54, 1.807) is 17.6 Å². The van der Waals surface area contributed by atoms with Crippen molar-refractivity contribution in [2.75, 3.05) is 0 Å². The highest BCUT2D eigenvalue weighted by Crippen LogP contribution is 2.50. The van der Waals surface area contributed by atoms with E-state index < -0.39 is 0 Å². The molecule has 0 saturated heterocycles. The zero-order chi connectivity index (χ0) is 13.3. The minimum Gasteiger partial charge on any atom is -0.469 e. The van der Waals surface area contributed by atoms with Gasteiger partial charge in [0.15, 0.2) is 0 Å². The van der Waals surface area contributed by atoms with Crippen molar-refractivity contribution in [3.05, 3.63) is 46.5 Å². The summed E-state index contributed by atoms with van der Waals surface area (Å²) >= 11 is 1.67. The molecule has 1 atom stereocenters. The topological polar surface area (TPSA) is 42.2 Å². The van der Waals surface area contributed by atoms with Crippen molar-refractivity contribution in [1.82, 2.24) is 5.32 Å². The molecule has 1 aliphatic rings. The molecule has 0 aliphatic heterocycles. The Hall–Kier alpha value is -1.55. The normalized spacial score (nSPS) is 17.9. The molecule has 0 spiro atoms. The second-order valence-electron chi connectivity index (χ2n) is 5.22. The summed E-state index contributed by atoms with van der Waals surface area (Å²) in [6, 6.07) is 7.98. The Morgan fingerprint density at radius 1 is 1.47 bits per heavy atom. The molecule has 2 aromatic heterocycles. The van der Waals surface area contributed by atoms with Crippen molar-refractivity contribution in [1.29, 1.82) is 0 Å². The molecular weight excluding hydrogens is 258 g/mol. The molecule has 2 heterocycles. The SMILES string of the molecule is CC(Cc1ccco1)NC(=O)C1(c2cccs2)CC1. The fraction of sp³-hybridized carbons (Fsp3) is 0.400. The predicted octanol–water partition coefficient (Wildman–Crippen LogP) is 3.12. The van der Waals surface area contributed by atoms with Gasteiger partial charge in [-0.05, 0) is 43.3 Å². The first-order chi connectivity index (χ1) is 9.21. The molecule has 3 nitrogen and oxygen atoms in total. The number of carbonyl (C=O) groups excluding carboxylic acids is 1. The summed E-state index contributed by atoms with van der Waals surface area (Å²) < 4.78 is 5.31. The number of nitrogens with one attached hydrogen (secondary N) is 1. The van der Waals surface area contributed by atoms with Crippen LogP contribution in [0, 0.1) is 0 Å². The monoisotopic (exact) mass is 275 g/mol. The number of rotatable bonds is 5. The van der Waals surface area contributed by atoms with E-state index in [-0.39, 0.29) is 17.4 Å². The Bertz CT molecular complexity index is 541. The fourth-order valence-corrected chi connectivity index (χ4v) is 3.39. The van der Waals surface area contributed by atoms with Crippen molar-refractivity contribution >= 4 is 17.2 Å². The molecule has 1 aliphatic carbocycles. The van der Waals surface area contributed by atoms with Crippen LogP contribution in [-0.4, -0.2) is 11.9 Å². The molecule has 19 heavy (non-hydrogen) atoms. The van der Waals surface area contributed by atoms with E-state index in [1.165, 1.54) is 4.88 Å². The molecule has 1 unspecified atom stereocenters. The van der Waals surface area contributed by atoms with Gasteiger partial charge in [0.05, 0.1) is 11.7 Å². The summed E-state index contributed by atoms with van der Waals surface area (Å²) in [5, 5.41) is 5.15. The van der Waals surface area contributed by atoms with Gasteiger partial charge in [-0.25, -0.2) is 0 Å². The molecule has 0 radical (unpaired) electrons. The van der Waals surface area contributed by atoms with Crippen LogP contribution in [-0.2, 0) is 16.6 Å². The van der Waals surface area contributed by atoms with Crippen molar-refractivity contribution in [3.8, 4) is 0 Å². The second kappa shape index (κ2) is 4.85. The molecule has 100 valence electrons. The first-order valence-electron chi connectivity index (χ1n) is 6.58. The quantitative estimate of drug-likeness (QED) is 0.911. The third-order valence-electron chi connectivity index (χ3n) is 3.64. The number of thiophene rings is 1. The van der Waals surface area contributed by atoms with Crippen molar-refractivity contribution in [3.63, 3.8) is 0 Å². The molecule has 1 amide bonds. The van der Waals surface area contributed by atoms with Gasteiger partial charge in [0.25, 0.3) is 0 Å². The van der Waals surface area contributed by atoms with Crippen LogP contribution in [0.1, 0.15) is 30.4 Å². The van der Waals surface area contributed by atoms with E-state index in [1.807, 2.05) is 30.5 Å². The van der Waals surface area contributed by atoms with Gasteiger partial charge >= 0.3 is 0 Å². The lowest BCUT2D eigenvalue weighted by atomic mass is 10.0. The van der Waals surface area contributed by atoms with E-state index in [9.17, 15) is 4.79 Å². The number of hydrogen-bond donors (Lipinski definition) is 1. The predicted molar refractivity (Wildman–Crippen MR) is 75.2 cm³/mol. The van der Waals surface area contributed by atoms with Crippen LogP contribution in [0.25, 0.3) is 0 Å². The van der Waals surface area contributed by atoms with Gasteiger partial charge < -0.3 is 9.73 Å². The van der Waals surface area contributed by atoms with Crippen molar-refractivity contribution in [2.45, 2.75) is 37.6 Å². The van der Waals surface area contributed by atoms with Gasteiger partial charge in [-0.2, -0.15) is 0 Å². The van der Waals surface area contributed by atoms with Gasteiger partial charge in [0.2, 0.25) is 5.91 Å². The van der Waals surface area contributed by atoms with Crippen molar-refractivity contribution < 1.29 is 9.21 Å². The third-order valence-corrected chi connectivity index (χ3v) is 4.72. The highest BCUT2D eigenvalue weighted by molar-refractivity contribution is 7.10. The van der Waals surface area contributed by atoms with Crippen LogP contribution in [0.15, 0.2) is 40.3 Å². The summed E-state index contributed by atoms with van der Waals surface area (Å²) in [4.78, 5) is 13.6. The van der Waals surface area contributed by atoms with E-state index >= 15 is 0 Å².